The van der Waals surface area contributed by atoms with E-state index in [1.807, 2.05) is 13.0 Å². The number of nitrogens with one attached hydrogen (secondary N) is 1. The number of benzene rings is 2. The fourth-order valence-corrected chi connectivity index (χ4v) is 3.27. The van der Waals surface area contributed by atoms with E-state index < -0.39 is 0 Å². The maximum absolute atomic E-state index is 13.1. The third kappa shape index (κ3) is 3.98. The first-order chi connectivity index (χ1) is 13.4. The number of nitrogens with zero attached hydrogens (tertiary/aromatic N) is 2. The standard InChI is InChI=1S/C21H23N3O4/c1-14-12-19(25)22-17-6-4-5-7-18(17)24(14)20(26)13-23(2)21(27)15-8-10-16(28-3)11-9-15/h4-11,14H,12-13H2,1-3H3,(H,22,25)/t14-/m1/s1. The molecule has 0 aromatic heterocycles. The molecule has 1 aliphatic heterocycles. The molecule has 0 radical (unpaired) electrons. The van der Waals surface area contributed by atoms with Crippen LogP contribution in [0.3, 0.4) is 0 Å². The lowest BCUT2D eigenvalue weighted by molar-refractivity contribution is -0.119. The molecule has 0 unspecified atom stereocenters. The maximum Gasteiger partial charge on any atom is 0.254 e. The Morgan fingerprint density at radius 3 is 2.54 bits per heavy atom. The van der Waals surface area contributed by atoms with E-state index in [1.165, 1.54) is 4.90 Å². The molecule has 1 N–H and O–H groups in total. The topological polar surface area (TPSA) is 79.0 Å². The quantitative estimate of drug-likeness (QED) is 0.883. The lowest BCUT2D eigenvalue weighted by Crippen LogP contribution is -2.45. The number of carbonyl (C=O) groups excluding carboxylic acids is 3. The molecule has 146 valence electrons. The van der Waals surface area contributed by atoms with Crippen LogP contribution in [0, 0.1) is 0 Å². The summed E-state index contributed by atoms with van der Waals surface area (Å²) in [6.45, 7) is 1.72. The zero-order valence-electron chi connectivity index (χ0n) is 16.1. The van der Waals surface area contributed by atoms with Crippen molar-refractivity contribution in [2.24, 2.45) is 0 Å². The zero-order chi connectivity index (χ0) is 20.3. The zero-order valence-corrected chi connectivity index (χ0v) is 16.1. The summed E-state index contributed by atoms with van der Waals surface area (Å²) < 4.78 is 5.10. The summed E-state index contributed by atoms with van der Waals surface area (Å²) >= 11 is 0. The van der Waals surface area contributed by atoms with E-state index >= 15 is 0 Å². The van der Waals surface area contributed by atoms with Gasteiger partial charge in [-0.25, -0.2) is 0 Å². The van der Waals surface area contributed by atoms with Crippen molar-refractivity contribution in [3.63, 3.8) is 0 Å². The lowest BCUT2D eigenvalue weighted by atomic mass is 10.1. The van der Waals surface area contributed by atoms with Crippen LogP contribution in [0.2, 0.25) is 0 Å². The summed E-state index contributed by atoms with van der Waals surface area (Å²) in [7, 11) is 3.14. The molecule has 2 aromatic rings. The number of carbonyl (C=O) groups is 3. The summed E-state index contributed by atoms with van der Waals surface area (Å²) in [4.78, 5) is 40.7. The molecule has 0 aliphatic carbocycles. The number of hydrogen-bond donors (Lipinski definition) is 1. The van der Waals surface area contributed by atoms with Crippen LogP contribution in [0.4, 0.5) is 11.4 Å². The molecule has 1 aliphatic rings. The van der Waals surface area contributed by atoms with Gasteiger partial charge in [0.2, 0.25) is 11.8 Å². The average Bonchev–Trinajstić information content (AvgIpc) is 2.81. The molecule has 0 fully saturated rings. The Morgan fingerprint density at radius 2 is 1.86 bits per heavy atom. The van der Waals surface area contributed by atoms with E-state index in [0.29, 0.717) is 22.7 Å². The highest BCUT2D eigenvalue weighted by Crippen LogP contribution is 2.31. The Morgan fingerprint density at radius 1 is 1.18 bits per heavy atom. The molecule has 3 amide bonds. The Labute approximate surface area is 163 Å². The fourth-order valence-electron chi connectivity index (χ4n) is 3.27. The first kappa shape index (κ1) is 19.4. The van der Waals surface area contributed by atoms with Crippen LogP contribution in [-0.4, -0.2) is 49.4 Å². The Bertz CT molecular complexity index is 895. The second kappa shape index (κ2) is 8.12. The van der Waals surface area contributed by atoms with Crippen LogP contribution >= 0.6 is 0 Å². The molecular formula is C21H23N3O4. The number of anilines is 2. The molecule has 1 heterocycles. The smallest absolute Gasteiger partial charge is 0.254 e. The number of hydrogen-bond acceptors (Lipinski definition) is 4. The largest absolute Gasteiger partial charge is 0.497 e. The Balaban J connectivity index is 1.79. The van der Waals surface area contributed by atoms with E-state index in [-0.39, 0.29) is 36.7 Å². The Kier molecular flexibility index (Phi) is 5.63. The second-order valence-electron chi connectivity index (χ2n) is 6.77. The van der Waals surface area contributed by atoms with Gasteiger partial charge in [0, 0.05) is 25.1 Å². The minimum absolute atomic E-state index is 0.0995. The van der Waals surface area contributed by atoms with Gasteiger partial charge in [-0.2, -0.15) is 0 Å². The van der Waals surface area contributed by atoms with E-state index in [4.69, 9.17) is 4.74 Å². The van der Waals surface area contributed by atoms with E-state index in [2.05, 4.69) is 5.32 Å². The van der Waals surface area contributed by atoms with Gasteiger partial charge in [-0.3, -0.25) is 14.4 Å². The van der Waals surface area contributed by atoms with Crippen molar-refractivity contribution in [2.75, 3.05) is 30.9 Å². The SMILES string of the molecule is COc1ccc(C(=O)N(C)CC(=O)N2c3ccccc3NC(=O)C[C@H]2C)cc1. The highest BCUT2D eigenvalue weighted by atomic mass is 16.5. The van der Waals surface area contributed by atoms with E-state index in [9.17, 15) is 14.4 Å². The van der Waals surface area contributed by atoms with Crippen molar-refractivity contribution in [2.45, 2.75) is 19.4 Å². The van der Waals surface area contributed by atoms with Crippen LogP contribution in [0.5, 0.6) is 5.75 Å². The molecule has 0 spiro atoms. The third-order valence-electron chi connectivity index (χ3n) is 4.68. The van der Waals surface area contributed by atoms with Crippen LogP contribution in [0.25, 0.3) is 0 Å². The van der Waals surface area contributed by atoms with Crippen molar-refractivity contribution < 1.29 is 19.1 Å². The van der Waals surface area contributed by atoms with Gasteiger partial charge in [-0.1, -0.05) is 12.1 Å². The van der Waals surface area contributed by atoms with Crippen molar-refractivity contribution in [3.05, 3.63) is 54.1 Å². The third-order valence-corrected chi connectivity index (χ3v) is 4.68. The van der Waals surface area contributed by atoms with Crippen LogP contribution in [0.15, 0.2) is 48.5 Å². The van der Waals surface area contributed by atoms with Crippen molar-refractivity contribution in [1.82, 2.24) is 4.90 Å². The van der Waals surface area contributed by atoms with E-state index in [1.54, 1.807) is 61.5 Å². The number of likely N-dealkylation sites (N-methyl/N-ethyl adjacent to an activating group) is 1. The molecule has 0 bridgehead atoms. The highest BCUT2D eigenvalue weighted by Gasteiger charge is 2.30. The van der Waals surface area contributed by atoms with Gasteiger partial charge in [0.05, 0.1) is 18.5 Å². The lowest BCUT2D eigenvalue weighted by Gasteiger charge is -2.29. The number of methoxy groups -OCH3 is 1. The number of amides is 3. The summed E-state index contributed by atoms with van der Waals surface area (Å²) in [5.74, 6) is 0.00198. The van der Waals surface area contributed by atoms with Crippen LogP contribution < -0.4 is 15.0 Å². The molecular weight excluding hydrogens is 358 g/mol. The summed E-state index contributed by atoms with van der Waals surface area (Å²) in [5.41, 5.74) is 1.70. The van der Waals surface area contributed by atoms with E-state index in [0.717, 1.165) is 0 Å². The van der Waals surface area contributed by atoms with Gasteiger partial charge in [0.15, 0.2) is 0 Å². The van der Waals surface area contributed by atoms with Gasteiger partial charge in [-0.05, 0) is 43.3 Å². The van der Waals surface area contributed by atoms with Gasteiger partial charge in [0.1, 0.15) is 12.3 Å². The maximum atomic E-state index is 13.1. The molecule has 7 heteroatoms. The predicted octanol–water partition coefficient (Wildman–Crippen LogP) is 2.53. The van der Waals surface area contributed by atoms with Gasteiger partial charge in [-0.15, -0.1) is 0 Å². The minimum Gasteiger partial charge on any atom is -0.497 e. The minimum atomic E-state index is -0.319. The molecule has 3 rings (SSSR count). The normalized spacial score (nSPS) is 15.9. The molecule has 28 heavy (non-hydrogen) atoms. The van der Waals surface area contributed by atoms with Crippen molar-refractivity contribution in [3.8, 4) is 5.75 Å². The molecule has 7 nitrogen and oxygen atoms in total. The van der Waals surface area contributed by atoms with Crippen LogP contribution in [0.1, 0.15) is 23.7 Å². The number of rotatable bonds is 4. The summed E-state index contributed by atoms with van der Waals surface area (Å²) in [5, 5.41) is 2.83. The number of ether oxygens (including phenoxy) is 1. The first-order valence-corrected chi connectivity index (χ1v) is 9.01. The number of para-hydroxylation sites is 2. The second-order valence-corrected chi connectivity index (χ2v) is 6.77. The average molecular weight is 381 g/mol. The fraction of sp³-hybridized carbons (Fsp3) is 0.286. The van der Waals surface area contributed by atoms with Gasteiger partial charge in [0.25, 0.3) is 5.91 Å². The van der Waals surface area contributed by atoms with Gasteiger partial charge < -0.3 is 19.9 Å². The van der Waals surface area contributed by atoms with Crippen molar-refractivity contribution >= 4 is 29.1 Å². The highest BCUT2D eigenvalue weighted by molar-refractivity contribution is 6.06. The predicted molar refractivity (Wildman–Crippen MR) is 107 cm³/mol. The summed E-state index contributed by atoms with van der Waals surface area (Å²) in [6.07, 6.45) is 0.191. The summed E-state index contributed by atoms with van der Waals surface area (Å²) in [6, 6.07) is 13.6. The number of fused-ring (bicyclic) bond motifs is 1. The van der Waals surface area contributed by atoms with Crippen molar-refractivity contribution in [1.29, 1.82) is 0 Å². The van der Waals surface area contributed by atoms with Crippen LogP contribution in [-0.2, 0) is 9.59 Å². The molecule has 0 saturated carbocycles. The molecule has 2 aromatic carbocycles. The van der Waals surface area contributed by atoms with Gasteiger partial charge >= 0.3 is 0 Å². The molecule has 1 atom stereocenters. The first-order valence-electron chi connectivity index (χ1n) is 9.01. The monoisotopic (exact) mass is 381 g/mol. The molecule has 0 saturated heterocycles. The Hall–Kier alpha value is -3.35.